The molecule has 6 heteroatoms. The maximum Gasteiger partial charge on any atom is 0.302 e. The minimum Gasteiger partial charge on any atom is -0.462 e. The number of hydrogen-bond donors (Lipinski definition) is 1. The first-order valence-corrected chi connectivity index (χ1v) is 12.2. The van der Waals surface area contributed by atoms with E-state index in [1.807, 2.05) is 0 Å². The Balaban J connectivity index is 1.63. The van der Waals surface area contributed by atoms with E-state index in [4.69, 9.17) is 14.2 Å². The molecule has 4 aliphatic carbocycles. The minimum atomic E-state index is -0.387. The van der Waals surface area contributed by atoms with Crippen LogP contribution in [0.3, 0.4) is 0 Å². The second-order valence-electron chi connectivity index (χ2n) is 11.2. The van der Waals surface area contributed by atoms with Gasteiger partial charge < -0.3 is 19.3 Å². The quantitative estimate of drug-likeness (QED) is 0.505. The molecular weight excluding hydrogens is 396 g/mol. The summed E-state index contributed by atoms with van der Waals surface area (Å²) in [7, 11) is 1.66. The predicted molar refractivity (Wildman–Crippen MR) is 115 cm³/mol. The van der Waals surface area contributed by atoms with E-state index in [0.717, 1.165) is 44.9 Å². The zero-order valence-corrected chi connectivity index (χ0v) is 19.6. The molecule has 31 heavy (non-hydrogen) atoms. The predicted octanol–water partition coefficient (Wildman–Crippen LogP) is 3.74. The lowest BCUT2D eigenvalue weighted by molar-refractivity contribution is -0.203. The van der Waals surface area contributed by atoms with Gasteiger partial charge in [0.15, 0.2) is 5.78 Å². The van der Waals surface area contributed by atoms with Gasteiger partial charge in [0.1, 0.15) is 19.5 Å². The van der Waals surface area contributed by atoms with Crippen molar-refractivity contribution >= 4 is 11.8 Å². The van der Waals surface area contributed by atoms with Gasteiger partial charge >= 0.3 is 5.97 Å². The number of rotatable bonds is 6. The molecule has 1 N–H and O–H groups in total. The van der Waals surface area contributed by atoms with Crippen LogP contribution in [-0.4, -0.2) is 49.6 Å². The van der Waals surface area contributed by atoms with Crippen LogP contribution in [0, 0.1) is 40.4 Å². The molecule has 176 valence electrons. The lowest BCUT2D eigenvalue weighted by atomic mass is 9.43. The molecule has 9 atom stereocenters. The van der Waals surface area contributed by atoms with Crippen LogP contribution in [0.1, 0.15) is 72.1 Å². The largest absolute Gasteiger partial charge is 0.462 e. The Kier molecular flexibility index (Phi) is 6.55. The summed E-state index contributed by atoms with van der Waals surface area (Å²) in [5.41, 5.74) is -0.0700. The average Bonchev–Trinajstić information content (AvgIpc) is 3.07. The molecule has 0 bridgehead atoms. The van der Waals surface area contributed by atoms with Crippen LogP contribution in [0.25, 0.3) is 0 Å². The second-order valence-corrected chi connectivity index (χ2v) is 11.2. The Morgan fingerprint density at radius 3 is 2.52 bits per heavy atom. The SMILES string of the molecule is COCO[C@@H]1CC[C@@]2(C)[C@@H](CC[C@@H]3[C@@H]2[C@@H](OC(C)=O)C[C@]2(C)[C@@H](C(=O)CO)CC[C@@H]32)C1. The second kappa shape index (κ2) is 8.75. The maximum absolute atomic E-state index is 12.6. The van der Waals surface area contributed by atoms with Gasteiger partial charge in [0.05, 0.1) is 6.10 Å². The fourth-order valence-electron chi connectivity index (χ4n) is 8.59. The Bertz CT molecular complexity index is 693. The summed E-state index contributed by atoms with van der Waals surface area (Å²) in [6.45, 7) is 6.11. The lowest BCUT2D eigenvalue weighted by Gasteiger charge is -2.62. The summed E-state index contributed by atoms with van der Waals surface area (Å²) in [5.74, 6) is 1.44. The highest BCUT2D eigenvalue weighted by Gasteiger charge is 2.64. The van der Waals surface area contributed by atoms with Crippen molar-refractivity contribution in [1.29, 1.82) is 0 Å². The highest BCUT2D eigenvalue weighted by molar-refractivity contribution is 5.83. The summed E-state index contributed by atoms with van der Waals surface area (Å²) in [6, 6.07) is 0. The monoisotopic (exact) mass is 436 g/mol. The van der Waals surface area contributed by atoms with Crippen molar-refractivity contribution in [3.63, 3.8) is 0 Å². The zero-order valence-electron chi connectivity index (χ0n) is 19.6. The molecule has 0 aromatic carbocycles. The van der Waals surface area contributed by atoms with Crippen LogP contribution in [0.5, 0.6) is 0 Å². The van der Waals surface area contributed by atoms with Gasteiger partial charge in [-0.05, 0) is 80.0 Å². The van der Waals surface area contributed by atoms with Crippen LogP contribution in [-0.2, 0) is 23.8 Å². The molecule has 0 spiro atoms. The molecule has 0 aliphatic heterocycles. The average molecular weight is 437 g/mol. The molecular formula is C25H40O6. The molecule has 4 aliphatic rings. The third-order valence-corrected chi connectivity index (χ3v) is 9.81. The van der Waals surface area contributed by atoms with E-state index in [2.05, 4.69) is 13.8 Å². The number of hydrogen-bond acceptors (Lipinski definition) is 6. The van der Waals surface area contributed by atoms with Crippen molar-refractivity contribution in [2.24, 2.45) is 40.4 Å². The van der Waals surface area contributed by atoms with Crippen molar-refractivity contribution in [1.82, 2.24) is 0 Å². The number of methoxy groups -OCH3 is 1. The van der Waals surface area contributed by atoms with Gasteiger partial charge in [-0.1, -0.05) is 13.8 Å². The normalized spacial score (nSPS) is 46.5. The van der Waals surface area contributed by atoms with E-state index < -0.39 is 0 Å². The van der Waals surface area contributed by atoms with Gasteiger partial charge in [-0.2, -0.15) is 0 Å². The van der Waals surface area contributed by atoms with Crippen LogP contribution in [0.4, 0.5) is 0 Å². The van der Waals surface area contributed by atoms with Gasteiger partial charge in [0.25, 0.3) is 0 Å². The topological polar surface area (TPSA) is 82.1 Å². The molecule has 4 saturated carbocycles. The first kappa shape index (κ1) is 23.2. The Morgan fingerprint density at radius 1 is 1.06 bits per heavy atom. The number of carbonyl (C=O) groups excluding carboxylic acids is 2. The summed E-state index contributed by atoms with van der Waals surface area (Å²) in [5, 5.41) is 9.57. The van der Waals surface area contributed by atoms with Crippen molar-refractivity contribution in [3.8, 4) is 0 Å². The van der Waals surface area contributed by atoms with Crippen molar-refractivity contribution < 1.29 is 28.9 Å². The molecule has 0 unspecified atom stereocenters. The van der Waals surface area contributed by atoms with E-state index in [9.17, 15) is 14.7 Å². The maximum atomic E-state index is 12.6. The fraction of sp³-hybridized carbons (Fsp3) is 0.920. The standard InChI is InChI=1S/C25H40O6/c1-15(27)31-22-12-25(3)19(7-8-20(25)21(28)13-26)18-6-5-16-11-17(30-14-29-4)9-10-24(16,2)23(18)22/h16-20,22-23,26H,5-14H2,1-4H3/t16-,17+,18-,19-,20+,22-,23+,24-,25-/m0/s1. The van der Waals surface area contributed by atoms with E-state index in [0.29, 0.717) is 30.5 Å². The number of carbonyl (C=O) groups is 2. The van der Waals surface area contributed by atoms with Crippen molar-refractivity contribution in [2.45, 2.75) is 84.3 Å². The summed E-state index contributed by atoms with van der Waals surface area (Å²) >= 11 is 0. The molecule has 4 fully saturated rings. The molecule has 0 saturated heterocycles. The first-order valence-electron chi connectivity index (χ1n) is 12.2. The molecule has 0 aromatic heterocycles. The first-order chi connectivity index (χ1) is 14.7. The number of Topliss-reactive ketones (excluding diaryl/α,β-unsaturated/α-hetero) is 1. The Morgan fingerprint density at radius 2 is 1.84 bits per heavy atom. The van der Waals surface area contributed by atoms with Gasteiger partial charge in [-0.15, -0.1) is 0 Å². The molecule has 6 nitrogen and oxygen atoms in total. The summed E-state index contributed by atoms with van der Waals surface area (Å²) in [4.78, 5) is 24.7. The van der Waals surface area contributed by atoms with E-state index in [1.54, 1.807) is 7.11 Å². The zero-order chi connectivity index (χ0) is 22.4. The van der Waals surface area contributed by atoms with Crippen LogP contribution in [0.15, 0.2) is 0 Å². The molecule has 0 radical (unpaired) electrons. The smallest absolute Gasteiger partial charge is 0.302 e. The number of ketones is 1. The van der Waals surface area contributed by atoms with E-state index in [-0.39, 0.29) is 47.3 Å². The minimum absolute atomic E-state index is 0.0410. The van der Waals surface area contributed by atoms with Crippen LogP contribution in [0.2, 0.25) is 0 Å². The number of esters is 1. The molecule has 0 heterocycles. The number of aliphatic hydroxyl groups is 1. The third-order valence-electron chi connectivity index (χ3n) is 9.81. The van der Waals surface area contributed by atoms with Crippen LogP contribution < -0.4 is 0 Å². The number of aliphatic hydroxyl groups excluding tert-OH is 1. The van der Waals surface area contributed by atoms with Crippen LogP contribution >= 0.6 is 0 Å². The Hall–Kier alpha value is -0.980. The summed E-state index contributed by atoms with van der Waals surface area (Å²) in [6.07, 6.45) is 8.15. The van der Waals surface area contributed by atoms with E-state index >= 15 is 0 Å². The molecule has 4 rings (SSSR count). The van der Waals surface area contributed by atoms with Gasteiger partial charge in [0, 0.05) is 25.9 Å². The van der Waals surface area contributed by atoms with Gasteiger partial charge in [-0.3, -0.25) is 9.59 Å². The van der Waals surface area contributed by atoms with Crippen molar-refractivity contribution in [3.05, 3.63) is 0 Å². The summed E-state index contributed by atoms with van der Waals surface area (Å²) < 4.78 is 17.1. The lowest BCUT2D eigenvalue weighted by Crippen LogP contribution is -2.60. The molecule has 0 aromatic rings. The number of fused-ring (bicyclic) bond motifs is 5. The van der Waals surface area contributed by atoms with E-state index in [1.165, 1.54) is 13.3 Å². The third kappa shape index (κ3) is 3.87. The molecule has 0 amide bonds. The van der Waals surface area contributed by atoms with Gasteiger partial charge in [0.2, 0.25) is 0 Å². The highest BCUT2D eigenvalue weighted by atomic mass is 16.7. The number of ether oxygens (including phenoxy) is 3. The fourth-order valence-corrected chi connectivity index (χ4v) is 8.59. The Labute approximate surface area is 186 Å². The highest BCUT2D eigenvalue weighted by Crippen LogP contribution is 2.68. The van der Waals surface area contributed by atoms with Gasteiger partial charge in [-0.25, -0.2) is 0 Å². The van der Waals surface area contributed by atoms with Crippen molar-refractivity contribution in [2.75, 3.05) is 20.5 Å².